The molecule has 2 amide bonds. The standard InChI is InChI=1S/C12H18N2O4/c1-2-13(8-3-4-8)11(16)7-14-9(12(17)18)5-6-10(14)15/h8-9H,2-7H2,1H3,(H,17,18). The van der Waals surface area contributed by atoms with E-state index < -0.39 is 12.0 Å². The molecule has 2 rings (SSSR count). The molecule has 18 heavy (non-hydrogen) atoms. The molecule has 1 N–H and O–H groups in total. The Morgan fingerprint density at radius 2 is 2.06 bits per heavy atom. The van der Waals surface area contributed by atoms with Crippen LogP contribution in [0.4, 0.5) is 0 Å². The average Bonchev–Trinajstić information content (AvgIpc) is 3.06. The Kier molecular flexibility index (Phi) is 3.54. The van der Waals surface area contributed by atoms with Crippen LogP contribution in [0.25, 0.3) is 0 Å². The lowest BCUT2D eigenvalue weighted by Crippen LogP contribution is -2.46. The van der Waals surface area contributed by atoms with Crippen LogP contribution in [0, 0.1) is 0 Å². The fourth-order valence-corrected chi connectivity index (χ4v) is 2.45. The highest BCUT2D eigenvalue weighted by Crippen LogP contribution is 2.27. The van der Waals surface area contributed by atoms with E-state index in [4.69, 9.17) is 5.11 Å². The Bertz CT molecular complexity index is 378. The number of likely N-dealkylation sites (N-methyl/N-ethyl adjacent to an activating group) is 1. The largest absolute Gasteiger partial charge is 0.480 e. The normalized spacial score (nSPS) is 23.3. The minimum absolute atomic E-state index is 0.0971. The third kappa shape index (κ3) is 2.47. The summed E-state index contributed by atoms with van der Waals surface area (Å²) in [5.74, 6) is -1.40. The van der Waals surface area contributed by atoms with Crippen molar-refractivity contribution in [2.45, 2.75) is 44.7 Å². The van der Waals surface area contributed by atoms with Crippen LogP contribution in [0.15, 0.2) is 0 Å². The zero-order valence-corrected chi connectivity index (χ0v) is 10.5. The lowest BCUT2D eigenvalue weighted by molar-refractivity contribution is -0.148. The van der Waals surface area contributed by atoms with Crippen molar-refractivity contribution in [2.24, 2.45) is 0 Å². The van der Waals surface area contributed by atoms with Crippen LogP contribution < -0.4 is 0 Å². The Morgan fingerprint density at radius 3 is 2.56 bits per heavy atom. The van der Waals surface area contributed by atoms with Crippen molar-refractivity contribution in [2.75, 3.05) is 13.1 Å². The molecule has 1 aliphatic carbocycles. The first kappa shape index (κ1) is 12.9. The van der Waals surface area contributed by atoms with Gasteiger partial charge in [-0.3, -0.25) is 9.59 Å². The number of carboxylic acids is 1. The first-order valence-corrected chi connectivity index (χ1v) is 6.36. The second-order valence-corrected chi connectivity index (χ2v) is 4.83. The molecule has 0 bridgehead atoms. The van der Waals surface area contributed by atoms with E-state index in [0.717, 1.165) is 12.8 Å². The Labute approximate surface area is 106 Å². The number of hydrogen-bond donors (Lipinski definition) is 1. The Morgan fingerprint density at radius 1 is 1.39 bits per heavy atom. The molecule has 6 heteroatoms. The third-order valence-electron chi connectivity index (χ3n) is 3.57. The van der Waals surface area contributed by atoms with Gasteiger partial charge in [0.15, 0.2) is 0 Å². The van der Waals surface area contributed by atoms with Gasteiger partial charge in [-0.25, -0.2) is 4.79 Å². The van der Waals surface area contributed by atoms with Crippen molar-refractivity contribution >= 4 is 17.8 Å². The fourth-order valence-electron chi connectivity index (χ4n) is 2.45. The molecule has 2 aliphatic rings. The van der Waals surface area contributed by atoms with Gasteiger partial charge in [-0.05, 0) is 26.2 Å². The summed E-state index contributed by atoms with van der Waals surface area (Å²) in [6, 6.07) is -0.539. The highest BCUT2D eigenvalue weighted by molar-refractivity contribution is 5.91. The van der Waals surface area contributed by atoms with Gasteiger partial charge in [0, 0.05) is 19.0 Å². The summed E-state index contributed by atoms with van der Waals surface area (Å²) >= 11 is 0. The molecular weight excluding hydrogens is 236 g/mol. The monoisotopic (exact) mass is 254 g/mol. The number of carbonyl (C=O) groups is 3. The molecule has 2 fully saturated rings. The predicted molar refractivity (Wildman–Crippen MR) is 62.8 cm³/mol. The van der Waals surface area contributed by atoms with Crippen molar-refractivity contribution < 1.29 is 19.5 Å². The summed E-state index contributed by atoms with van der Waals surface area (Å²) in [5.41, 5.74) is 0. The van der Waals surface area contributed by atoms with Crippen LogP contribution in [-0.4, -0.2) is 57.9 Å². The smallest absolute Gasteiger partial charge is 0.326 e. The van der Waals surface area contributed by atoms with Crippen molar-refractivity contribution in [1.82, 2.24) is 9.80 Å². The topological polar surface area (TPSA) is 77.9 Å². The second-order valence-electron chi connectivity index (χ2n) is 4.83. The van der Waals surface area contributed by atoms with Crippen molar-refractivity contribution in [3.63, 3.8) is 0 Å². The molecule has 100 valence electrons. The summed E-state index contributed by atoms with van der Waals surface area (Å²) in [6.07, 6.45) is 2.54. The number of hydrogen-bond acceptors (Lipinski definition) is 3. The molecule has 1 saturated carbocycles. The Hall–Kier alpha value is -1.59. The molecule has 1 saturated heterocycles. The maximum atomic E-state index is 12.1. The maximum absolute atomic E-state index is 12.1. The summed E-state index contributed by atoms with van der Waals surface area (Å²) in [4.78, 5) is 37.6. The average molecular weight is 254 g/mol. The first-order valence-electron chi connectivity index (χ1n) is 6.36. The number of aliphatic carboxylic acids is 1. The molecule has 1 unspecified atom stereocenters. The highest BCUT2D eigenvalue weighted by Gasteiger charge is 2.39. The van der Waals surface area contributed by atoms with E-state index in [1.54, 1.807) is 4.90 Å². The molecular formula is C12H18N2O4. The molecule has 0 aromatic rings. The van der Waals surface area contributed by atoms with Gasteiger partial charge in [0.25, 0.3) is 0 Å². The van der Waals surface area contributed by atoms with Crippen LogP contribution in [0.1, 0.15) is 32.6 Å². The molecule has 0 radical (unpaired) electrons. The van der Waals surface area contributed by atoms with E-state index >= 15 is 0 Å². The maximum Gasteiger partial charge on any atom is 0.326 e. The lowest BCUT2D eigenvalue weighted by atomic mass is 10.2. The van der Waals surface area contributed by atoms with Gasteiger partial charge in [-0.2, -0.15) is 0 Å². The second kappa shape index (κ2) is 4.96. The zero-order chi connectivity index (χ0) is 13.3. The van der Waals surface area contributed by atoms with Crippen molar-refractivity contribution in [1.29, 1.82) is 0 Å². The van der Waals surface area contributed by atoms with E-state index in [1.807, 2.05) is 6.92 Å². The molecule has 1 aliphatic heterocycles. The third-order valence-corrected chi connectivity index (χ3v) is 3.57. The van der Waals surface area contributed by atoms with E-state index in [1.165, 1.54) is 4.90 Å². The number of nitrogens with zero attached hydrogens (tertiary/aromatic N) is 2. The SMILES string of the molecule is CCN(C(=O)CN1C(=O)CCC1C(=O)O)C1CC1. The van der Waals surface area contributed by atoms with Gasteiger partial charge in [-0.1, -0.05) is 0 Å². The zero-order valence-electron chi connectivity index (χ0n) is 10.5. The fraction of sp³-hybridized carbons (Fsp3) is 0.750. The molecule has 0 aromatic heterocycles. The number of carboxylic acid groups (broad SMARTS) is 1. The minimum Gasteiger partial charge on any atom is -0.480 e. The number of rotatable bonds is 5. The van der Waals surface area contributed by atoms with Crippen molar-refractivity contribution in [3.05, 3.63) is 0 Å². The highest BCUT2D eigenvalue weighted by atomic mass is 16.4. The lowest BCUT2D eigenvalue weighted by Gasteiger charge is -2.26. The van der Waals surface area contributed by atoms with Gasteiger partial charge < -0.3 is 14.9 Å². The van der Waals surface area contributed by atoms with Crippen LogP contribution in [-0.2, 0) is 14.4 Å². The molecule has 6 nitrogen and oxygen atoms in total. The van der Waals surface area contributed by atoms with Gasteiger partial charge in [0.05, 0.1) is 0 Å². The van der Waals surface area contributed by atoms with Crippen LogP contribution >= 0.6 is 0 Å². The van der Waals surface area contributed by atoms with Gasteiger partial charge in [0.1, 0.15) is 12.6 Å². The van der Waals surface area contributed by atoms with Crippen LogP contribution in [0.5, 0.6) is 0 Å². The quantitative estimate of drug-likeness (QED) is 0.753. The number of likely N-dealkylation sites (tertiary alicyclic amines) is 1. The summed E-state index contributed by atoms with van der Waals surface area (Å²) < 4.78 is 0. The van der Waals surface area contributed by atoms with Crippen LogP contribution in [0.2, 0.25) is 0 Å². The van der Waals surface area contributed by atoms with E-state index in [9.17, 15) is 14.4 Å². The van der Waals surface area contributed by atoms with Crippen molar-refractivity contribution in [3.8, 4) is 0 Å². The molecule has 1 heterocycles. The number of amides is 2. The van der Waals surface area contributed by atoms with E-state index in [0.29, 0.717) is 19.0 Å². The summed E-state index contributed by atoms with van der Waals surface area (Å²) in [5, 5.41) is 9.01. The summed E-state index contributed by atoms with van der Waals surface area (Å²) in [7, 11) is 0. The molecule has 1 atom stereocenters. The van der Waals surface area contributed by atoms with E-state index in [2.05, 4.69) is 0 Å². The summed E-state index contributed by atoms with van der Waals surface area (Å²) in [6.45, 7) is 2.42. The first-order chi connectivity index (χ1) is 8.54. The van der Waals surface area contributed by atoms with Gasteiger partial charge >= 0.3 is 5.97 Å². The Balaban J connectivity index is 2.00. The van der Waals surface area contributed by atoms with Gasteiger partial charge in [0.2, 0.25) is 11.8 Å². The molecule has 0 spiro atoms. The molecule has 0 aromatic carbocycles. The predicted octanol–water partition coefficient (Wildman–Crippen LogP) is 0.0729. The van der Waals surface area contributed by atoms with Crippen LogP contribution in [0.3, 0.4) is 0 Å². The minimum atomic E-state index is -1.02. The van der Waals surface area contributed by atoms with Gasteiger partial charge in [-0.15, -0.1) is 0 Å². The van der Waals surface area contributed by atoms with E-state index in [-0.39, 0.29) is 24.8 Å². The number of carbonyl (C=O) groups excluding carboxylic acids is 2.